The van der Waals surface area contributed by atoms with Crippen molar-refractivity contribution in [3.05, 3.63) is 18.6 Å². The molecule has 2 aromatic heterocycles. The van der Waals surface area contributed by atoms with Crippen LogP contribution in [0.1, 0.15) is 19.8 Å². The smallest absolute Gasteiger partial charge is 0.230 e. The summed E-state index contributed by atoms with van der Waals surface area (Å²) in [5, 5.41) is 3.15. The minimum atomic E-state index is 0.621. The van der Waals surface area contributed by atoms with Gasteiger partial charge in [-0.25, -0.2) is 0 Å². The van der Waals surface area contributed by atoms with Crippen LogP contribution in [0.4, 0.5) is 11.9 Å². The van der Waals surface area contributed by atoms with Gasteiger partial charge in [0.05, 0.1) is 11.8 Å². The molecule has 1 N–H and O–H groups in total. The maximum atomic E-state index is 5.10. The fourth-order valence-electron chi connectivity index (χ4n) is 2.18. The Morgan fingerprint density at radius 3 is 2.79 bits per heavy atom. The van der Waals surface area contributed by atoms with Gasteiger partial charge < -0.3 is 14.6 Å². The fourth-order valence-corrected chi connectivity index (χ4v) is 2.18. The first-order chi connectivity index (χ1) is 9.36. The van der Waals surface area contributed by atoms with Gasteiger partial charge in [0.15, 0.2) is 5.82 Å². The second kappa shape index (κ2) is 5.26. The first kappa shape index (κ1) is 12.0. The van der Waals surface area contributed by atoms with Crippen LogP contribution in [0, 0.1) is 0 Å². The Morgan fingerprint density at radius 1 is 1.26 bits per heavy atom. The summed E-state index contributed by atoms with van der Waals surface area (Å²) < 4.78 is 5.10. The molecule has 1 fully saturated rings. The topological polar surface area (TPSA) is 67.1 Å². The van der Waals surface area contributed by atoms with E-state index >= 15 is 0 Å². The third-order valence-electron chi connectivity index (χ3n) is 3.13. The Morgan fingerprint density at radius 2 is 2.11 bits per heavy atom. The van der Waals surface area contributed by atoms with Crippen LogP contribution < -0.4 is 10.2 Å². The van der Waals surface area contributed by atoms with Gasteiger partial charge in [0.25, 0.3) is 0 Å². The number of anilines is 2. The fraction of sp³-hybridized carbons (Fsp3) is 0.462. The van der Waals surface area contributed by atoms with Crippen molar-refractivity contribution < 1.29 is 4.42 Å². The third-order valence-corrected chi connectivity index (χ3v) is 3.13. The molecule has 0 aliphatic carbocycles. The van der Waals surface area contributed by atoms with E-state index in [0.717, 1.165) is 31.1 Å². The average Bonchev–Trinajstić information content (AvgIpc) is 3.12. The molecule has 0 spiro atoms. The van der Waals surface area contributed by atoms with Crippen molar-refractivity contribution >= 4 is 11.9 Å². The molecule has 3 rings (SSSR count). The molecule has 1 aliphatic heterocycles. The summed E-state index contributed by atoms with van der Waals surface area (Å²) in [5.74, 6) is 2.02. The van der Waals surface area contributed by atoms with Crippen LogP contribution in [0.15, 0.2) is 23.0 Å². The normalized spacial score (nSPS) is 14.9. The number of hydrogen-bond acceptors (Lipinski definition) is 6. The number of nitrogens with zero attached hydrogens (tertiary/aromatic N) is 4. The summed E-state index contributed by atoms with van der Waals surface area (Å²) in [7, 11) is 0. The molecule has 6 nitrogen and oxygen atoms in total. The highest BCUT2D eigenvalue weighted by atomic mass is 16.3. The number of hydrogen-bond donors (Lipinski definition) is 1. The van der Waals surface area contributed by atoms with Crippen LogP contribution in [-0.2, 0) is 0 Å². The zero-order chi connectivity index (χ0) is 13.1. The Kier molecular flexibility index (Phi) is 3.31. The standard InChI is InChI=1S/C13H17N5O/c1-2-14-12-15-11(10-5-8-19-9-10)16-13(17-12)18-6-3-4-7-18/h5,8-9H,2-4,6-7H2,1H3,(H,14,15,16,17). The Balaban J connectivity index is 1.98. The van der Waals surface area contributed by atoms with Gasteiger partial charge in [-0.15, -0.1) is 0 Å². The second-order valence-electron chi connectivity index (χ2n) is 4.52. The van der Waals surface area contributed by atoms with Gasteiger partial charge in [0.2, 0.25) is 11.9 Å². The van der Waals surface area contributed by atoms with Gasteiger partial charge in [-0.1, -0.05) is 0 Å². The predicted molar refractivity (Wildman–Crippen MR) is 73.1 cm³/mol. The van der Waals surface area contributed by atoms with E-state index in [-0.39, 0.29) is 0 Å². The van der Waals surface area contributed by atoms with Crippen LogP contribution in [-0.4, -0.2) is 34.6 Å². The monoisotopic (exact) mass is 259 g/mol. The Labute approximate surface area is 111 Å². The van der Waals surface area contributed by atoms with Crippen LogP contribution in [0.25, 0.3) is 11.4 Å². The van der Waals surface area contributed by atoms with E-state index < -0.39 is 0 Å². The Bertz CT molecular complexity index is 534. The van der Waals surface area contributed by atoms with E-state index in [9.17, 15) is 0 Å². The quantitative estimate of drug-likeness (QED) is 0.907. The molecule has 100 valence electrons. The molecule has 6 heteroatoms. The molecule has 1 aliphatic rings. The lowest BCUT2D eigenvalue weighted by atomic mass is 10.3. The van der Waals surface area contributed by atoms with E-state index in [0.29, 0.717) is 11.8 Å². The average molecular weight is 259 g/mol. The van der Waals surface area contributed by atoms with Crippen LogP contribution in [0.5, 0.6) is 0 Å². The van der Waals surface area contributed by atoms with Gasteiger partial charge in [-0.3, -0.25) is 0 Å². The highest BCUT2D eigenvalue weighted by Gasteiger charge is 2.18. The Hall–Kier alpha value is -2.11. The van der Waals surface area contributed by atoms with Crippen molar-refractivity contribution in [1.82, 2.24) is 15.0 Å². The molecule has 0 saturated carbocycles. The SMILES string of the molecule is CCNc1nc(-c2ccoc2)nc(N2CCCC2)n1. The van der Waals surface area contributed by atoms with E-state index in [1.54, 1.807) is 12.5 Å². The van der Waals surface area contributed by atoms with Crippen molar-refractivity contribution in [2.45, 2.75) is 19.8 Å². The lowest BCUT2D eigenvalue weighted by Gasteiger charge is -2.16. The summed E-state index contributed by atoms with van der Waals surface area (Å²) in [6.07, 6.45) is 5.67. The van der Waals surface area contributed by atoms with Crippen molar-refractivity contribution in [3.8, 4) is 11.4 Å². The second-order valence-corrected chi connectivity index (χ2v) is 4.52. The van der Waals surface area contributed by atoms with E-state index in [2.05, 4.69) is 25.2 Å². The molecule has 19 heavy (non-hydrogen) atoms. The lowest BCUT2D eigenvalue weighted by Crippen LogP contribution is -2.21. The zero-order valence-electron chi connectivity index (χ0n) is 11.0. The zero-order valence-corrected chi connectivity index (χ0v) is 11.0. The van der Waals surface area contributed by atoms with Crippen LogP contribution >= 0.6 is 0 Å². The molecular formula is C13H17N5O. The minimum absolute atomic E-state index is 0.621. The summed E-state index contributed by atoms with van der Waals surface area (Å²) in [6, 6.07) is 1.86. The largest absolute Gasteiger partial charge is 0.472 e. The number of rotatable bonds is 4. The van der Waals surface area contributed by atoms with Gasteiger partial charge in [0, 0.05) is 19.6 Å². The van der Waals surface area contributed by atoms with Crippen molar-refractivity contribution in [2.75, 3.05) is 29.9 Å². The molecule has 0 radical (unpaired) electrons. The molecular weight excluding hydrogens is 242 g/mol. The maximum Gasteiger partial charge on any atom is 0.230 e. The maximum absolute atomic E-state index is 5.10. The molecule has 1 saturated heterocycles. The third kappa shape index (κ3) is 2.52. The van der Waals surface area contributed by atoms with Crippen LogP contribution in [0.2, 0.25) is 0 Å². The molecule has 0 atom stereocenters. The van der Waals surface area contributed by atoms with Crippen molar-refractivity contribution in [1.29, 1.82) is 0 Å². The highest BCUT2D eigenvalue weighted by Crippen LogP contribution is 2.22. The molecule has 2 aromatic rings. The minimum Gasteiger partial charge on any atom is -0.472 e. The molecule has 3 heterocycles. The van der Waals surface area contributed by atoms with Crippen molar-refractivity contribution in [2.24, 2.45) is 0 Å². The first-order valence-electron chi connectivity index (χ1n) is 6.64. The number of furan rings is 1. The van der Waals surface area contributed by atoms with Gasteiger partial charge in [-0.2, -0.15) is 15.0 Å². The van der Waals surface area contributed by atoms with Gasteiger partial charge in [0.1, 0.15) is 6.26 Å². The lowest BCUT2D eigenvalue weighted by molar-refractivity contribution is 0.568. The summed E-state index contributed by atoms with van der Waals surface area (Å²) >= 11 is 0. The van der Waals surface area contributed by atoms with Gasteiger partial charge >= 0.3 is 0 Å². The first-order valence-corrected chi connectivity index (χ1v) is 6.64. The van der Waals surface area contributed by atoms with Crippen LogP contribution in [0.3, 0.4) is 0 Å². The van der Waals surface area contributed by atoms with E-state index in [1.807, 2.05) is 13.0 Å². The highest BCUT2D eigenvalue weighted by molar-refractivity contribution is 5.56. The predicted octanol–water partition coefficient (Wildman–Crippen LogP) is 2.16. The van der Waals surface area contributed by atoms with E-state index in [1.165, 1.54) is 12.8 Å². The summed E-state index contributed by atoms with van der Waals surface area (Å²) in [4.78, 5) is 15.6. The van der Waals surface area contributed by atoms with Gasteiger partial charge in [-0.05, 0) is 25.8 Å². The number of aromatic nitrogens is 3. The molecule has 0 bridgehead atoms. The summed E-state index contributed by atoms with van der Waals surface area (Å²) in [6.45, 7) is 4.84. The van der Waals surface area contributed by atoms with E-state index in [4.69, 9.17) is 4.42 Å². The molecule has 0 unspecified atom stereocenters. The molecule has 0 amide bonds. The number of nitrogens with one attached hydrogen (secondary N) is 1. The molecule has 0 aromatic carbocycles. The van der Waals surface area contributed by atoms with Crippen molar-refractivity contribution in [3.63, 3.8) is 0 Å². The summed E-state index contributed by atoms with van der Waals surface area (Å²) in [5.41, 5.74) is 0.877.